The van der Waals surface area contributed by atoms with Crippen LogP contribution in [0.3, 0.4) is 0 Å². The number of para-hydroxylation sites is 2. The minimum atomic E-state index is -1.30. The third-order valence-corrected chi connectivity index (χ3v) is 4.94. The highest BCUT2D eigenvalue weighted by Crippen LogP contribution is 2.29. The van der Waals surface area contributed by atoms with Gasteiger partial charge in [0.1, 0.15) is 0 Å². The Hall–Kier alpha value is -2.36. The SMILES string of the molecule is CC(CN1CC[C@@H](F)C1=O)Cn1c2ccccc2c2ccccc21. The Kier molecular flexibility index (Phi) is 3.75. The number of amides is 1. The zero-order valence-electron chi connectivity index (χ0n) is 13.8. The lowest BCUT2D eigenvalue weighted by molar-refractivity contribution is -0.132. The van der Waals surface area contributed by atoms with Gasteiger partial charge in [-0.15, -0.1) is 0 Å². The maximum atomic E-state index is 13.4. The Balaban J connectivity index is 1.65. The normalized spacial score (nSPS) is 19.5. The van der Waals surface area contributed by atoms with Crippen molar-refractivity contribution in [3.63, 3.8) is 0 Å². The summed E-state index contributed by atoms with van der Waals surface area (Å²) in [6.07, 6.45) is -0.966. The van der Waals surface area contributed by atoms with Crippen LogP contribution in [0.15, 0.2) is 48.5 Å². The molecule has 0 saturated carbocycles. The number of fused-ring (bicyclic) bond motifs is 3. The lowest BCUT2D eigenvalue weighted by Gasteiger charge is -2.22. The fourth-order valence-electron chi connectivity index (χ4n) is 3.83. The lowest BCUT2D eigenvalue weighted by atomic mass is 10.1. The Bertz CT molecular complexity index is 848. The number of hydrogen-bond donors (Lipinski definition) is 0. The summed E-state index contributed by atoms with van der Waals surface area (Å²) in [6, 6.07) is 16.8. The van der Waals surface area contributed by atoms with Crippen LogP contribution < -0.4 is 0 Å². The summed E-state index contributed by atoms with van der Waals surface area (Å²) in [5, 5.41) is 2.50. The van der Waals surface area contributed by atoms with Crippen molar-refractivity contribution in [3.05, 3.63) is 48.5 Å². The van der Waals surface area contributed by atoms with Gasteiger partial charge in [-0.25, -0.2) is 4.39 Å². The zero-order valence-corrected chi connectivity index (χ0v) is 13.8. The fourth-order valence-corrected chi connectivity index (χ4v) is 3.83. The van der Waals surface area contributed by atoms with Crippen molar-refractivity contribution in [1.29, 1.82) is 0 Å². The minimum Gasteiger partial charge on any atom is -0.340 e. The van der Waals surface area contributed by atoms with Gasteiger partial charge < -0.3 is 9.47 Å². The number of rotatable bonds is 4. The summed E-state index contributed by atoms with van der Waals surface area (Å²) in [5.41, 5.74) is 2.42. The average Bonchev–Trinajstić information content (AvgIpc) is 3.08. The highest BCUT2D eigenvalue weighted by atomic mass is 19.1. The van der Waals surface area contributed by atoms with Crippen LogP contribution in [0, 0.1) is 5.92 Å². The molecule has 0 radical (unpaired) electrons. The molecule has 1 unspecified atom stereocenters. The van der Waals surface area contributed by atoms with E-state index in [-0.39, 0.29) is 11.8 Å². The molecule has 0 N–H and O–H groups in total. The van der Waals surface area contributed by atoms with Crippen molar-refractivity contribution in [1.82, 2.24) is 9.47 Å². The third-order valence-electron chi connectivity index (χ3n) is 4.94. The van der Waals surface area contributed by atoms with E-state index in [2.05, 4.69) is 60.0 Å². The molecule has 2 aromatic carbocycles. The fraction of sp³-hybridized carbons (Fsp3) is 0.350. The van der Waals surface area contributed by atoms with Gasteiger partial charge in [-0.3, -0.25) is 4.79 Å². The Morgan fingerprint density at radius 3 is 2.17 bits per heavy atom. The molecule has 1 aromatic heterocycles. The van der Waals surface area contributed by atoms with Crippen molar-refractivity contribution in [2.45, 2.75) is 26.1 Å². The Labute approximate surface area is 140 Å². The highest BCUT2D eigenvalue weighted by Gasteiger charge is 2.32. The maximum absolute atomic E-state index is 13.4. The van der Waals surface area contributed by atoms with Crippen molar-refractivity contribution < 1.29 is 9.18 Å². The molecule has 4 rings (SSSR count). The minimum absolute atomic E-state index is 0.262. The average molecular weight is 324 g/mol. The van der Waals surface area contributed by atoms with Gasteiger partial charge >= 0.3 is 0 Å². The van der Waals surface area contributed by atoms with Crippen LogP contribution in [0.1, 0.15) is 13.3 Å². The number of aromatic nitrogens is 1. The summed E-state index contributed by atoms with van der Waals surface area (Å²) in [5.74, 6) is -0.0810. The first-order valence-electron chi connectivity index (χ1n) is 8.54. The summed E-state index contributed by atoms with van der Waals surface area (Å²) < 4.78 is 15.7. The molecule has 1 aliphatic rings. The molecule has 1 saturated heterocycles. The molecule has 2 heterocycles. The first kappa shape index (κ1) is 15.2. The van der Waals surface area contributed by atoms with E-state index in [9.17, 15) is 9.18 Å². The first-order valence-corrected chi connectivity index (χ1v) is 8.54. The van der Waals surface area contributed by atoms with Gasteiger partial charge in [-0.2, -0.15) is 0 Å². The molecule has 4 heteroatoms. The number of carbonyl (C=O) groups is 1. The molecular weight excluding hydrogens is 303 g/mol. The second-order valence-corrected chi connectivity index (χ2v) is 6.79. The van der Waals surface area contributed by atoms with Gasteiger partial charge in [0.05, 0.1) is 0 Å². The summed E-state index contributed by atoms with van der Waals surface area (Å²) in [6.45, 7) is 4.09. The van der Waals surface area contributed by atoms with Crippen molar-refractivity contribution in [2.75, 3.05) is 13.1 Å². The van der Waals surface area contributed by atoms with Crippen molar-refractivity contribution in [2.24, 2.45) is 5.92 Å². The topological polar surface area (TPSA) is 25.2 Å². The third kappa shape index (κ3) is 2.46. The van der Waals surface area contributed by atoms with Gasteiger partial charge in [0.15, 0.2) is 6.17 Å². The monoisotopic (exact) mass is 324 g/mol. The van der Waals surface area contributed by atoms with Crippen LogP contribution in [0.5, 0.6) is 0 Å². The Morgan fingerprint density at radius 2 is 1.62 bits per heavy atom. The van der Waals surface area contributed by atoms with Gasteiger partial charge in [0.2, 0.25) is 0 Å². The predicted octanol–water partition coefficient (Wildman–Crippen LogP) is 4.00. The molecule has 1 amide bonds. The second-order valence-electron chi connectivity index (χ2n) is 6.79. The highest BCUT2D eigenvalue weighted by molar-refractivity contribution is 6.07. The molecule has 3 nitrogen and oxygen atoms in total. The number of likely N-dealkylation sites (tertiary alicyclic amines) is 1. The van der Waals surface area contributed by atoms with E-state index in [0.717, 1.165) is 6.54 Å². The molecule has 3 aromatic rings. The molecule has 0 bridgehead atoms. The molecule has 2 atom stereocenters. The molecule has 1 aliphatic heterocycles. The maximum Gasteiger partial charge on any atom is 0.257 e. The van der Waals surface area contributed by atoms with Crippen LogP contribution in [0.25, 0.3) is 21.8 Å². The van der Waals surface area contributed by atoms with E-state index in [1.807, 2.05) is 0 Å². The smallest absolute Gasteiger partial charge is 0.257 e. The van der Waals surface area contributed by atoms with E-state index in [1.54, 1.807) is 4.90 Å². The molecule has 124 valence electrons. The summed E-state index contributed by atoms with van der Waals surface area (Å²) >= 11 is 0. The zero-order chi connectivity index (χ0) is 16.7. The number of nitrogens with zero attached hydrogens (tertiary/aromatic N) is 2. The van der Waals surface area contributed by atoms with E-state index in [4.69, 9.17) is 0 Å². The molecule has 0 spiro atoms. The summed E-state index contributed by atoms with van der Waals surface area (Å²) in [7, 11) is 0. The van der Waals surface area contributed by atoms with Gasteiger partial charge in [0.25, 0.3) is 5.91 Å². The standard InChI is InChI=1S/C20H21FN2O/c1-14(12-22-11-10-17(21)20(22)24)13-23-18-8-4-2-6-15(18)16-7-3-5-9-19(16)23/h2-9,14,17H,10-13H2,1H3/t14?,17-/m1/s1. The van der Waals surface area contributed by atoms with E-state index < -0.39 is 6.17 Å². The van der Waals surface area contributed by atoms with E-state index in [1.165, 1.54) is 21.8 Å². The van der Waals surface area contributed by atoms with Crippen molar-refractivity contribution >= 4 is 27.7 Å². The Morgan fingerprint density at radius 1 is 1.04 bits per heavy atom. The van der Waals surface area contributed by atoms with Crippen LogP contribution >= 0.6 is 0 Å². The predicted molar refractivity (Wildman–Crippen MR) is 94.7 cm³/mol. The molecule has 1 fully saturated rings. The summed E-state index contributed by atoms with van der Waals surface area (Å²) in [4.78, 5) is 13.5. The van der Waals surface area contributed by atoms with Crippen LogP contribution in [0.4, 0.5) is 4.39 Å². The quantitative estimate of drug-likeness (QED) is 0.712. The number of carbonyl (C=O) groups excluding carboxylic acids is 1. The van der Waals surface area contributed by atoms with E-state index >= 15 is 0 Å². The number of halogens is 1. The lowest BCUT2D eigenvalue weighted by Crippen LogP contribution is -2.33. The van der Waals surface area contributed by atoms with Crippen molar-refractivity contribution in [3.8, 4) is 0 Å². The molecule has 0 aliphatic carbocycles. The molecule has 24 heavy (non-hydrogen) atoms. The second kappa shape index (κ2) is 5.93. The van der Waals surface area contributed by atoms with Gasteiger partial charge in [-0.05, 0) is 18.1 Å². The van der Waals surface area contributed by atoms with Gasteiger partial charge in [0, 0.05) is 47.9 Å². The number of hydrogen-bond acceptors (Lipinski definition) is 1. The number of benzene rings is 2. The first-order chi connectivity index (χ1) is 11.6. The van der Waals surface area contributed by atoms with Gasteiger partial charge in [-0.1, -0.05) is 43.3 Å². The van der Waals surface area contributed by atoms with Crippen LogP contribution in [-0.4, -0.2) is 34.6 Å². The largest absolute Gasteiger partial charge is 0.340 e. The molecular formula is C20H21FN2O. The van der Waals surface area contributed by atoms with Crippen LogP contribution in [-0.2, 0) is 11.3 Å². The van der Waals surface area contributed by atoms with E-state index in [0.29, 0.717) is 19.5 Å². The van der Waals surface area contributed by atoms with Crippen LogP contribution in [0.2, 0.25) is 0 Å². The number of alkyl halides is 1.